The SMILES string of the molecule is O=C(COC(=O)/C(=C/c1cccs1)c1cccs1)Nc1cccc(F)c1. The molecule has 0 bridgehead atoms. The van der Waals surface area contributed by atoms with E-state index in [1.165, 1.54) is 40.9 Å². The molecule has 1 N–H and O–H groups in total. The van der Waals surface area contributed by atoms with Gasteiger partial charge in [-0.25, -0.2) is 9.18 Å². The molecule has 0 aliphatic heterocycles. The number of carbonyl (C=O) groups excluding carboxylic acids is 2. The molecule has 132 valence electrons. The van der Waals surface area contributed by atoms with Crippen LogP contribution in [0.2, 0.25) is 0 Å². The van der Waals surface area contributed by atoms with Gasteiger partial charge in [0.2, 0.25) is 0 Å². The summed E-state index contributed by atoms with van der Waals surface area (Å²) < 4.78 is 18.3. The molecule has 4 nitrogen and oxygen atoms in total. The maximum atomic E-state index is 13.1. The number of amides is 1. The number of nitrogens with one attached hydrogen (secondary N) is 1. The fraction of sp³-hybridized carbons (Fsp3) is 0.0526. The van der Waals surface area contributed by atoms with Gasteiger partial charge in [-0.3, -0.25) is 4.79 Å². The Morgan fingerprint density at radius 2 is 1.88 bits per heavy atom. The van der Waals surface area contributed by atoms with Crippen LogP contribution in [0.4, 0.5) is 10.1 Å². The van der Waals surface area contributed by atoms with Gasteiger partial charge in [-0.1, -0.05) is 18.2 Å². The van der Waals surface area contributed by atoms with E-state index in [9.17, 15) is 14.0 Å². The lowest BCUT2D eigenvalue weighted by molar-refractivity contribution is -0.141. The van der Waals surface area contributed by atoms with Crippen molar-refractivity contribution in [1.29, 1.82) is 0 Å². The summed E-state index contributed by atoms with van der Waals surface area (Å²) in [5.41, 5.74) is 0.694. The highest BCUT2D eigenvalue weighted by molar-refractivity contribution is 7.12. The number of benzene rings is 1. The maximum Gasteiger partial charge on any atom is 0.340 e. The molecule has 2 aromatic heterocycles. The van der Waals surface area contributed by atoms with Crippen molar-refractivity contribution in [2.24, 2.45) is 0 Å². The second-order valence-electron chi connectivity index (χ2n) is 5.19. The first-order valence-electron chi connectivity index (χ1n) is 7.63. The standard InChI is InChI=1S/C19H14FNO3S2/c20-13-4-1-5-14(10-13)21-18(22)12-24-19(23)16(17-7-3-9-26-17)11-15-6-2-8-25-15/h1-11H,12H2,(H,21,22)/b16-11+. The summed E-state index contributed by atoms with van der Waals surface area (Å²) in [4.78, 5) is 26.1. The lowest BCUT2D eigenvalue weighted by Crippen LogP contribution is -2.21. The van der Waals surface area contributed by atoms with Gasteiger partial charge in [0.1, 0.15) is 5.82 Å². The van der Waals surface area contributed by atoms with Crippen LogP contribution in [0, 0.1) is 5.82 Å². The average molecular weight is 387 g/mol. The summed E-state index contributed by atoms with van der Waals surface area (Å²) in [5.74, 6) is -1.58. The third-order valence-corrected chi connectivity index (χ3v) is 5.00. The van der Waals surface area contributed by atoms with Gasteiger partial charge in [0.25, 0.3) is 5.91 Å². The highest BCUT2D eigenvalue weighted by Crippen LogP contribution is 2.25. The lowest BCUT2D eigenvalue weighted by Gasteiger charge is -2.08. The fourth-order valence-electron chi connectivity index (χ4n) is 2.15. The highest BCUT2D eigenvalue weighted by Gasteiger charge is 2.17. The van der Waals surface area contributed by atoms with Gasteiger partial charge in [0.05, 0.1) is 5.57 Å². The summed E-state index contributed by atoms with van der Waals surface area (Å²) in [6.45, 7) is -0.456. The van der Waals surface area contributed by atoms with Gasteiger partial charge in [-0.15, -0.1) is 22.7 Å². The molecule has 26 heavy (non-hydrogen) atoms. The van der Waals surface area contributed by atoms with E-state index in [4.69, 9.17) is 4.74 Å². The van der Waals surface area contributed by atoms with Crippen molar-refractivity contribution in [3.63, 3.8) is 0 Å². The van der Waals surface area contributed by atoms with Crippen LogP contribution in [0.3, 0.4) is 0 Å². The first kappa shape index (κ1) is 18.0. The molecule has 0 saturated heterocycles. The smallest absolute Gasteiger partial charge is 0.340 e. The minimum Gasteiger partial charge on any atom is -0.452 e. The Morgan fingerprint density at radius 1 is 1.08 bits per heavy atom. The Kier molecular flexibility index (Phi) is 5.93. The number of ether oxygens (including phenoxy) is 1. The third-order valence-electron chi connectivity index (χ3n) is 3.28. The van der Waals surface area contributed by atoms with Crippen LogP contribution < -0.4 is 5.32 Å². The molecule has 0 spiro atoms. The number of carbonyl (C=O) groups is 2. The number of halogens is 1. The molecular formula is C19H14FNO3S2. The molecule has 1 amide bonds. The molecule has 0 fully saturated rings. The van der Waals surface area contributed by atoms with Crippen molar-refractivity contribution >= 4 is 51.9 Å². The van der Waals surface area contributed by atoms with Crippen molar-refractivity contribution in [1.82, 2.24) is 0 Å². The van der Waals surface area contributed by atoms with Crippen LogP contribution >= 0.6 is 22.7 Å². The van der Waals surface area contributed by atoms with Crippen molar-refractivity contribution in [3.8, 4) is 0 Å². The summed E-state index contributed by atoms with van der Waals surface area (Å²) in [5, 5.41) is 6.26. The summed E-state index contributed by atoms with van der Waals surface area (Å²) in [6, 6.07) is 12.9. The van der Waals surface area contributed by atoms with Crippen molar-refractivity contribution < 1.29 is 18.7 Å². The first-order chi connectivity index (χ1) is 12.6. The van der Waals surface area contributed by atoms with Crippen LogP contribution in [-0.4, -0.2) is 18.5 Å². The Bertz CT molecular complexity index is 918. The molecule has 2 heterocycles. The predicted octanol–water partition coefficient (Wildman–Crippen LogP) is 4.67. The minimum absolute atomic E-state index is 0.304. The number of hydrogen-bond acceptors (Lipinski definition) is 5. The number of thiophene rings is 2. The van der Waals surface area contributed by atoms with Crippen LogP contribution in [0.15, 0.2) is 59.3 Å². The van der Waals surface area contributed by atoms with Gasteiger partial charge in [-0.2, -0.15) is 0 Å². The zero-order valence-corrected chi connectivity index (χ0v) is 15.1. The van der Waals surface area contributed by atoms with Gasteiger partial charge in [0, 0.05) is 15.4 Å². The van der Waals surface area contributed by atoms with E-state index in [0.29, 0.717) is 11.3 Å². The molecule has 0 aliphatic carbocycles. The van der Waals surface area contributed by atoms with E-state index >= 15 is 0 Å². The Labute approximate surface area is 157 Å². The molecule has 3 aromatic rings. The van der Waals surface area contributed by atoms with Gasteiger partial charge < -0.3 is 10.1 Å². The Morgan fingerprint density at radius 3 is 2.58 bits per heavy atom. The minimum atomic E-state index is -0.588. The average Bonchev–Trinajstić information content (AvgIpc) is 3.31. The van der Waals surface area contributed by atoms with Gasteiger partial charge in [-0.05, 0) is 47.2 Å². The topological polar surface area (TPSA) is 55.4 Å². The summed E-state index contributed by atoms with van der Waals surface area (Å²) in [7, 11) is 0. The maximum absolute atomic E-state index is 13.1. The third kappa shape index (κ3) is 4.87. The molecular weight excluding hydrogens is 373 g/mol. The quantitative estimate of drug-likeness (QED) is 0.494. The van der Waals surface area contributed by atoms with E-state index in [1.54, 1.807) is 12.1 Å². The number of esters is 1. The molecule has 1 aromatic carbocycles. The van der Waals surface area contributed by atoms with Gasteiger partial charge >= 0.3 is 5.97 Å². The second-order valence-corrected chi connectivity index (χ2v) is 7.11. The van der Waals surface area contributed by atoms with Crippen LogP contribution in [0.25, 0.3) is 11.6 Å². The lowest BCUT2D eigenvalue weighted by atomic mass is 10.2. The highest BCUT2D eigenvalue weighted by atomic mass is 32.1. The first-order valence-corrected chi connectivity index (χ1v) is 9.39. The van der Waals surface area contributed by atoms with E-state index in [-0.39, 0.29) is 0 Å². The summed E-state index contributed by atoms with van der Waals surface area (Å²) in [6.07, 6.45) is 1.74. The van der Waals surface area contributed by atoms with E-state index in [2.05, 4.69) is 5.32 Å². The molecule has 0 saturated carbocycles. The molecule has 3 rings (SSSR count). The van der Waals surface area contributed by atoms with Crippen LogP contribution in [-0.2, 0) is 14.3 Å². The zero-order valence-electron chi connectivity index (χ0n) is 13.5. The van der Waals surface area contributed by atoms with Crippen LogP contribution in [0.1, 0.15) is 9.75 Å². The monoisotopic (exact) mass is 387 g/mol. The number of rotatable bonds is 6. The fourth-order valence-corrected chi connectivity index (χ4v) is 3.54. The number of anilines is 1. The molecule has 0 unspecified atom stereocenters. The Balaban J connectivity index is 1.66. The normalized spacial score (nSPS) is 11.2. The second kappa shape index (κ2) is 8.55. The van der Waals surface area contributed by atoms with Crippen molar-refractivity contribution in [3.05, 3.63) is 74.9 Å². The molecule has 7 heteroatoms. The van der Waals surface area contributed by atoms with Gasteiger partial charge in [0.15, 0.2) is 6.61 Å². The predicted molar refractivity (Wildman–Crippen MR) is 102 cm³/mol. The van der Waals surface area contributed by atoms with E-state index in [1.807, 2.05) is 35.0 Å². The number of hydrogen-bond donors (Lipinski definition) is 1. The van der Waals surface area contributed by atoms with Crippen molar-refractivity contribution in [2.75, 3.05) is 11.9 Å². The molecule has 0 atom stereocenters. The van der Waals surface area contributed by atoms with E-state index < -0.39 is 24.3 Å². The molecule has 0 radical (unpaired) electrons. The van der Waals surface area contributed by atoms with Crippen LogP contribution in [0.5, 0.6) is 0 Å². The largest absolute Gasteiger partial charge is 0.452 e. The molecule has 0 aliphatic rings. The zero-order chi connectivity index (χ0) is 18.4. The summed E-state index contributed by atoms with van der Waals surface area (Å²) >= 11 is 2.91. The Hall–Kier alpha value is -2.77. The van der Waals surface area contributed by atoms with E-state index in [0.717, 1.165) is 9.75 Å². The van der Waals surface area contributed by atoms with Crippen molar-refractivity contribution in [2.45, 2.75) is 0 Å².